The lowest BCUT2D eigenvalue weighted by Gasteiger charge is -2.38. The molecule has 0 aromatic heterocycles. The van der Waals surface area contributed by atoms with Gasteiger partial charge in [-0.2, -0.15) is 0 Å². The summed E-state index contributed by atoms with van der Waals surface area (Å²) in [5.74, 6) is 0.862. The van der Waals surface area contributed by atoms with Crippen molar-refractivity contribution in [1.29, 1.82) is 0 Å². The van der Waals surface area contributed by atoms with Crippen molar-refractivity contribution < 1.29 is 4.79 Å². The minimum atomic E-state index is 0.177. The topological polar surface area (TPSA) is 26.8 Å². The van der Waals surface area contributed by atoms with Gasteiger partial charge in [-0.05, 0) is 79.6 Å². The van der Waals surface area contributed by atoms with E-state index >= 15 is 0 Å². The number of rotatable bonds is 3. The molecule has 3 aliphatic rings. The number of carbonyl (C=O) groups excluding carboxylic acids is 1. The van der Waals surface area contributed by atoms with Crippen molar-refractivity contribution in [3.8, 4) is 0 Å². The number of nitrogens with zero attached hydrogens (tertiary/aromatic N) is 3. The zero-order valence-electron chi connectivity index (χ0n) is 21.8. The molecule has 0 spiro atoms. The lowest BCUT2D eigenvalue weighted by atomic mass is 9.84. The maximum atomic E-state index is 13.4. The highest BCUT2D eigenvalue weighted by atomic mass is 16.2. The largest absolute Gasteiger partial charge is 0.369 e. The van der Waals surface area contributed by atoms with E-state index in [4.69, 9.17) is 0 Å². The monoisotopic (exact) mass is 461 g/mol. The molecule has 0 radical (unpaired) electrons. The normalized spacial score (nSPS) is 19.3. The van der Waals surface area contributed by atoms with Crippen LogP contribution in [0.2, 0.25) is 0 Å². The van der Waals surface area contributed by atoms with E-state index in [1.807, 2.05) is 13.8 Å². The van der Waals surface area contributed by atoms with E-state index < -0.39 is 0 Å². The number of hydrogen-bond donors (Lipinski definition) is 0. The quantitative estimate of drug-likeness (QED) is 0.559. The molecule has 0 N–H and O–H groups in total. The summed E-state index contributed by atoms with van der Waals surface area (Å²) in [4.78, 5) is 20.4. The third-order valence-corrected chi connectivity index (χ3v) is 7.99. The van der Waals surface area contributed by atoms with Gasteiger partial charge in [0.25, 0.3) is 5.91 Å². The highest BCUT2D eigenvalue weighted by Gasteiger charge is 2.27. The minimum Gasteiger partial charge on any atom is -0.369 e. The Balaban J connectivity index is 0.00000133. The second-order valence-electron chi connectivity index (χ2n) is 10.1. The molecule has 184 valence electrons. The first kappa shape index (κ1) is 24.8. The van der Waals surface area contributed by atoms with Gasteiger partial charge >= 0.3 is 0 Å². The molecule has 2 fully saturated rings. The molecule has 34 heavy (non-hydrogen) atoms. The summed E-state index contributed by atoms with van der Waals surface area (Å²) in [6.07, 6.45) is 7.60. The van der Waals surface area contributed by atoms with Gasteiger partial charge in [-0.25, -0.2) is 0 Å². The van der Waals surface area contributed by atoms with Crippen molar-refractivity contribution in [1.82, 2.24) is 9.80 Å². The Kier molecular flexibility index (Phi) is 8.31. The van der Waals surface area contributed by atoms with Crippen LogP contribution in [0.25, 0.3) is 0 Å². The fourth-order valence-electron chi connectivity index (χ4n) is 5.87. The van der Waals surface area contributed by atoms with Gasteiger partial charge in [0.2, 0.25) is 0 Å². The Hall–Kier alpha value is -2.33. The van der Waals surface area contributed by atoms with E-state index in [9.17, 15) is 4.79 Å². The van der Waals surface area contributed by atoms with Crippen LogP contribution in [0, 0.1) is 6.92 Å². The fraction of sp³-hybridized carbons (Fsp3) is 0.567. The maximum absolute atomic E-state index is 13.4. The molecule has 1 saturated carbocycles. The van der Waals surface area contributed by atoms with Crippen LogP contribution in [0.3, 0.4) is 0 Å². The van der Waals surface area contributed by atoms with Crippen LogP contribution in [0.4, 0.5) is 5.69 Å². The van der Waals surface area contributed by atoms with E-state index in [1.165, 1.54) is 60.0 Å². The predicted molar refractivity (Wildman–Crippen MR) is 143 cm³/mol. The molecule has 4 nitrogen and oxygen atoms in total. The van der Waals surface area contributed by atoms with Gasteiger partial charge in [0.1, 0.15) is 0 Å². The first-order valence-corrected chi connectivity index (χ1v) is 13.5. The molecular weight excluding hydrogens is 418 g/mol. The smallest absolute Gasteiger partial charge is 0.254 e. The number of anilines is 1. The molecule has 1 amide bonds. The van der Waals surface area contributed by atoms with Crippen LogP contribution in [-0.2, 0) is 13.0 Å². The van der Waals surface area contributed by atoms with Crippen LogP contribution in [-0.4, -0.2) is 55.5 Å². The van der Waals surface area contributed by atoms with Crippen LogP contribution in [0.1, 0.15) is 84.5 Å². The first-order valence-electron chi connectivity index (χ1n) is 13.5. The van der Waals surface area contributed by atoms with Gasteiger partial charge in [0.05, 0.1) is 0 Å². The van der Waals surface area contributed by atoms with Crippen molar-refractivity contribution >= 4 is 11.6 Å². The summed E-state index contributed by atoms with van der Waals surface area (Å²) in [6, 6.07) is 13.1. The van der Waals surface area contributed by atoms with Crippen LogP contribution in [0.15, 0.2) is 36.4 Å². The summed E-state index contributed by atoms with van der Waals surface area (Å²) >= 11 is 0. The molecule has 2 heterocycles. The number of benzene rings is 2. The second kappa shape index (κ2) is 11.4. The summed E-state index contributed by atoms with van der Waals surface area (Å²) in [7, 11) is 2.20. The standard InChI is InChI=1S/C28H37N3O.C2H6/c1-21-8-13-27(30-18-16-29(2)17-19-30)26-20-31(15-14-25(21)26)28(32)24-11-9-23(10-12-24)22-6-4-3-5-7-22;1-2/h8-13,22H,3-7,14-20H2,1-2H3;1-2H3. The molecule has 2 aromatic rings. The zero-order chi connectivity index (χ0) is 24.1. The van der Waals surface area contributed by atoms with Gasteiger partial charge in [-0.1, -0.05) is 51.3 Å². The van der Waals surface area contributed by atoms with E-state index in [-0.39, 0.29) is 5.91 Å². The summed E-state index contributed by atoms with van der Waals surface area (Å²) in [5.41, 5.74) is 7.77. The predicted octanol–water partition coefficient (Wildman–Crippen LogP) is 6.02. The molecule has 2 aliphatic heterocycles. The van der Waals surface area contributed by atoms with Gasteiger partial charge in [0.15, 0.2) is 0 Å². The summed E-state index contributed by atoms with van der Waals surface area (Å²) < 4.78 is 0. The average Bonchev–Trinajstić information content (AvgIpc) is 2.91. The first-order chi connectivity index (χ1) is 16.6. The van der Waals surface area contributed by atoms with Crippen LogP contribution < -0.4 is 4.90 Å². The Morgan fingerprint density at radius 2 is 1.50 bits per heavy atom. The van der Waals surface area contributed by atoms with Gasteiger partial charge < -0.3 is 14.7 Å². The molecule has 4 heteroatoms. The SMILES string of the molecule is CC.Cc1ccc(N2CCN(C)CC2)c2c1CCN(C(=O)c1ccc(C3CCCCC3)cc1)C2. The third kappa shape index (κ3) is 5.33. The van der Waals surface area contributed by atoms with E-state index in [0.29, 0.717) is 5.92 Å². The number of hydrogen-bond acceptors (Lipinski definition) is 3. The number of likely N-dealkylation sites (N-methyl/N-ethyl adjacent to an activating group) is 1. The Morgan fingerprint density at radius 1 is 0.824 bits per heavy atom. The molecule has 0 unspecified atom stereocenters. The Bertz CT molecular complexity index is 954. The van der Waals surface area contributed by atoms with E-state index in [1.54, 1.807) is 0 Å². The fourth-order valence-corrected chi connectivity index (χ4v) is 5.87. The second-order valence-corrected chi connectivity index (χ2v) is 10.1. The minimum absolute atomic E-state index is 0.177. The van der Waals surface area contributed by atoms with Crippen LogP contribution in [0.5, 0.6) is 0 Å². The molecule has 1 aliphatic carbocycles. The molecule has 1 saturated heterocycles. The zero-order valence-corrected chi connectivity index (χ0v) is 21.8. The highest BCUT2D eigenvalue weighted by Crippen LogP contribution is 2.34. The van der Waals surface area contributed by atoms with Gasteiger partial charge in [0, 0.05) is 50.5 Å². The third-order valence-electron chi connectivity index (χ3n) is 7.99. The summed E-state index contributed by atoms with van der Waals surface area (Å²) in [5, 5.41) is 0. The van der Waals surface area contributed by atoms with Gasteiger partial charge in [-0.3, -0.25) is 4.79 Å². The average molecular weight is 462 g/mol. The number of piperazine rings is 1. The molecule has 0 bridgehead atoms. The van der Waals surface area contributed by atoms with E-state index in [0.717, 1.165) is 51.3 Å². The number of fused-ring (bicyclic) bond motifs is 1. The van der Waals surface area contributed by atoms with E-state index in [2.05, 4.69) is 65.1 Å². The molecule has 2 aromatic carbocycles. The van der Waals surface area contributed by atoms with Crippen molar-refractivity contribution in [3.63, 3.8) is 0 Å². The molecular formula is C30H43N3O. The number of amides is 1. The van der Waals surface area contributed by atoms with Crippen LogP contribution >= 0.6 is 0 Å². The molecule has 5 rings (SSSR count). The number of carbonyl (C=O) groups is 1. The molecule has 0 atom stereocenters. The van der Waals surface area contributed by atoms with Gasteiger partial charge in [-0.15, -0.1) is 0 Å². The Morgan fingerprint density at radius 3 is 2.18 bits per heavy atom. The van der Waals surface area contributed by atoms with Crippen molar-refractivity contribution in [2.45, 2.75) is 71.8 Å². The maximum Gasteiger partial charge on any atom is 0.254 e. The van der Waals surface area contributed by atoms with Crippen molar-refractivity contribution in [3.05, 3.63) is 64.2 Å². The highest BCUT2D eigenvalue weighted by molar-refractivity contribution is 5.94. The summed E-state index contributed by atoms with van der Waals surface area (Å²) in [6.45, 7) is 12.1. The van der Waals surface area contributed by atoms with Crippen molar-refractivity contribution in [2.24, 2.45) is 0 Å². The lowest BCUT2D eigenvalue weighted by Crippen LogP contribution is -2.45. The Labute approximate surface area is 206 Å². The lowest BCUT2D eigenvalue weighted by molar-refractivity contribution is 0.0734. The number of aryl methyl sites for hydroxylation is 1. The van der Waals surface area contributed by atoms with Crippen molar-refractivity contribution in [2.75, 3.05) is 44.7 Å².